The lowest BCUT2D eigenvalue weighted by molar-refractivity contribution is -0.126. The fraction of sp³-hybridized carbons (Fsp3) is 0.368. The quantitative estimate of drug-likeness (QED) is 0.892. The zero-order valence-corrected chi connectivity index (χ0v) is 14.3. The van der Waals surface area contributed by atoms with E-state index in [-0.39, 0.29) is 11.9 Å². The number of carbonyl (C=O) groups is 1. The fourth-order valence-electron chi connectivity index (χ4n) is 2.59. The molecule has 4 heteroatoms. The van der Waals surface area contributed by atoms with Crippen LogP contribution < -0.4 is 5.32 Å². The predicted octanol–water partition coefficient (Wildman–Crippen LogP) is 2.87. The third-order valence-corrected chi connectivity index (χ3v) is 3.99. The second kappa shape index (κ2) is 7.88. The molecule has 4 nitrogen and oxygen atoms in total. The first-order valence-corrected chi connectivity index (χ1v) is 7.96. The van der Waals surface area contributed by atoms with E-state index in [1.165, 1.54) is 5.56 Å². The minimum atomic E-state index is -0.300. The summed E-state index contributed by atoms with van der Waals surface area (Å²) in [5.74, 6) is -0.00864. The van der Waals surface area contributed by atoms with E-state index in [4.69, 9.17) is 0 Å². The predicted molar refractivity (Wildman–Crippen MR) is 93.1 cm³/mol. The molecule has 0 radical (unpaired) electrons. The van der Waals surface area contributed by atoms with Gasteiger partial charge in [0.05, 0.1) is 12.2 Å². The maximum Gasteiger partial charge on any atom is 0.242 e. The van der Waals surface area contributed by atoms with Crippen LogP contribution in [-0.2, 0) is 17.8 Å². The average Bonchev–Trinajstić information content (AvgIpc) is 2.55. The lowest BCUT2D eigenvalue weighted by atomic mass is 10.00. The first-order chi connectivity index (χ1) is 11.0. The van der Waals surface area contributed by atoms with Gasteiger partial charge in [0.2, 0.25) is 5.91 Å². The number of likely N-dealkylation sites (N-methyl/N-ethyl adjacent to an activating group) is 1. The van der Waals surface area contributed by atoms with Gasteiger partial charge in [-0.3, -0.25) is 14.7 Å². The first kappa shape index (κ1) is 17.2. The highest BCUT2D eigenvalue weighted by atomic mass is 16.2. The van der Waals surface area contributed by atoms with Crippen molar-refractivity contribution in [1.29, 1.82) is 0 Å². The van der Waals surface area contributed by atoms with E-state index in [9.17, 15) is 4.79 Å². The summed E-state index contributed by atoms with van der Waals surface area (Å²) in [4.78, 5) is 19.0. The normalized spacial score (nSPS) is 12.2. The summed E-state index contributed by atoms with van der Waals surface area (Å²) in [6.07, 6.45) is 2.84. The minimum Gasteiger partial charge on any atom is -0.349 e. The molecular formula is C19H25N3O. The van der Waals surface area contributed by atoms with Crippen LogP contribution in [0, 0.1) is 6.92 Å². The van der Waals surface area contributed by atoms with E-state index in [0.717, 1.165) is 23.2 Å². The number of hydrogen-bond acceptors (Lipinski definition) is 3. The van der Waals surface area contributed by atoms with Gasteiger partial charge in [-0.2, -0.15) is 0 Å². The largest absolute Gasteiger partial charge is 0.349 e. The van der Waals surface area contributed by atoms with Crippen LogP contribution in [-0.4, -0.2) is 29.9 Å². The van der Waals surface area contributed by atoms with E-state index in [0.29, 0.717) is 6.54 Å². The fourth-order valence-corrected chi connectivity index (χ4v) is 2.59. The van der Waals surface area contributed by atoms with Crippen LogP contribution in [0.15, 0.2) is 42.6 Å². The van der Waals surface area contributed by atoms with Crippen molar-refractivity contribution in [3.8, 4) is 0 Å². The Balaban J connectivity index is 2.08. The Morgan fingerprint density at radius 1 is 1.22 bits per heavy atom. The molecule has 0 aliphatic carbocycles. The number of aromatic nitrogens is 1. The smallest absolute Gasteiger partial charge is 0.242 e. The maximum atomic E-state index is 12.7. The molecule has 0 unspecified atom stereocenters. The van der Waals surface area contributed by atoms with E-state index < -0.39 is 0 Å². The van der Waals surface area contributed by atoms with Gasteiger partial charge in [0.1, 0.15) is 6.04 Å². The van der Waals surface area contributed by atoms with E-state index >= 15 is 0 Å². The molecule has 1 N–H and O–H groups in total. The second-order valence-corrected chi connectivity index (χ2v) is 5.95. The minimum absolute atomic E-state index is 0.00864. The van der Waals surface area contributed by atoms with Gasteiger partial charge in [0.15, 0.2) is 0 Å². The molecule has 0 saturated heterocycles. The molecule has 0 bridgehead atoms. The van der Waals surface area contributed by atoms with Crippen LogP contribution in [0.3, 0.4) is 0 Å². The molecule has 0 saturated carbocycles. The monoisotopic (exact) mass is 311 g/mol. The number of amides is 1. The van der Waals surface area contributed by atoms with Gasteiger partial charge in [-0.05, 0) is 50.2 Å². The lowest BCUT2D eigenvalue weighted by Crippen LogP contribution is -2.37. The van der Waals surface area contributed by atoms with E-state index in [1.807, 2.05) is 62.4 Å². The molecule has 0 aliphatic heterocycles. The zero-order valence-electron chi connectivity index (χ0n) is 14.3. The Morgan fingerprint density at radius 2 is 1.96 bits per heavy atom. The number of carbonyl (C=O) groups excluding carboxylic acids is 1. The third kappa shape index (κ3) is 4.39. The zero-order chi connectivity index (χ0) is 16.8. The number of nitrogens with one attached hydrogen (secondary N) is 1. The standard InChI is InChI=1S/C19H25N3O/c1-5-15-10-11-16(20-12-15)13-21-19(23)18(22(3)4)17-9-7-6-8-14(17)2/h6-12,18H,5,13H2,1-4H3,(H,21,23)/t18-/m0/s1. The van der Waals surface area contributed by atoms with Gasteiger partial charge in [-0.25, -0.2) is 0 Å². The average molecular weight is 311 g/mol. The molecule has 2 rings (SSSR count). The Bertz CT molecular complexity index is 650. The van der Waals surface area contributed by atoms with E-state index in [1.54, 1.807) is 0 Å². The number of benzene rings is 1. The van der Waals surface area contributed by atoms with Crippen LogP contribution >= 0.6 is 0 Å². The molecule has 1 heterocycles. The summed E-state index contributed by atoms with van der Waals surface area (Å²) >= 11 is 0. The molecule has 0 spiro atoms. The molecule has 0 fully saturated rings. The number of aryl methyl sites for hydroxylation is 2. The summed E-state index contributed by atoms with van der Waals surface area (Å²) in [6.45, 7) is 4.57. The molecule has 23 heavy (non-hydrogen) atoms. The third-order valence-electron chi connectivity index (χ3n) is 3.99. The van der Waals surface area contributed by atoms with Crippen molar-refractivity contribution >= 4 is 5.91 Å². The topological polar surface area (TPSA) is 45.2 Å². The van der Waals surface area contributed by atoms with Crippen molar-refractivity contribution in [3.63, 3.8) is 0 Å². The first-order valence-electron chi connectivity index (χ1n) is 7.96. The van der Waals surface area contributed by atoms with Crippen LogP contribution in [0.4, 0.5) is 0 Å². The van der Waals surface area contributed by atoms with Crippen LogP contribution in [0.5, 0.6) is 0 Å². The summed E-state index contributed by atoms with van der Waals surface area (Å²) in [7, 11) is 3.84. The molecule has 2 aromatic rings. The number of pyridine rings is 1. The highest BCUT2D eigenvalue weighted by Crippen LogP contribution is 2.22. The Labute approximate surface area is 138 Å². The Morgan fingerprint density at radius 3 is 2.52 bits per heavy atom. The van der Waals surface area contributed by atoms with Gasteiger partial charge in [-0.15, -0.1) is 0 Å². The van der Waals surface area contributed by atoms with Gasteiger partial charge in [0, 0.05) is 6.20 Å². The lowest BCUT2D eigenvalue weighted by Gasteiger charge is -2.25. The second-order valence-electron chi connectivity index (χ2n) is 5.95. The van der Waals surface area contributed by atoms with Crippen LogP contribution in [0.1, 0.15) is 35.3 Å². The Kier molecular flexibility index (Phi) is 5.88. The SMILES string of the molecule is CCc1ccc(CNC(=O)[C@H](c2ccccc2C)N(C)C)nc1. The van der Waals surface area contributed by atoms with Gasteiger partial charge in [-0.1, -0.05) is 37.3 Å². The Hall–Kier alpha value is -2.20. The highest BCUT2D eigenvalue weighted by Gasteiger charge is 2.23. The molecule has 1 aromatic carbocycles. The van der Waals surface area contributed by atoms with Gasteiger partial charge in [0.25, 0.3) is 0 Å². The number of nitrogens with zero attached hydrogens (tertiary/aromatic N) is 2. The summed E-state index contributed by atoms with van der Waals surface area (Å²) in [5, 5.41) is 3.00. The highest BCUT2D eigenvalue weighted by molar-refractivity contribution is 5.83. The molecule has 0 aliphatic rings. The van der Waals surface area contributed by atoms with Gasteiger partial charge < -0.3 is 5.32 Å². The van der Waals surface area contributed by atoms with Crippen LogP contribution in [0.2, 0.25) is 0 Å². The van der Waals surface area contributed by atoms with Gasteiger partial charge >= 0.3 is 0 Å². The summed E-state index contributed by atoms with van der Waals surface area (Å²) in [6, 6.07) is 11.7. The van der Waals surface area contributed by atoms with Crippen molar-refractivity contribution in [1.82, 2.24) is 15.2 Å². The molecule has 122 valence electrons. The summed E-state index contributed by atoms with van der Waals surface area (Å²) in [5.41, 5.74) is 4.22. The summed E-state index contributed by atoms with van der Waals surface area (Å²) < 4.78 is 0. The number of hydrogen-bond donors (Lipinski definition) is 1. The molecule has 1 atom stereocenters. The van der Waals surface area contributed by atoms with Crippen molar-refractivity contribution in [2.45, 2.75) is 32.9 Å². The van der Waals surface area contributed by atoms with Crippen LogP contribution in [0.25, 0.3) is 0 Å². The van der Waals surface area contributed by atoms with Crippen molar-refractivity contribution in [3.05, 3.63) is 65.0 Å². The number of rotatable bonds is 6. The van der Waals surface area contributed by atoms with Crippen molar-refractivity contribution in [2.24, 2.45) is 0 Å². The molecule has 1 aromatic heterocycles. The van der Waals surface area contributed by atoms with Crippen molar-refractivity contribution < 1.29 is 4.79 Å². The molecular weight excluding hydrogens is 286 g/mol. The van der Waals surface area contributed by atoms with Crippen molar-refractivity contribution in [2.75, 3.05) is 14.1 Å². The van der Waals surface area contributed by atoms with E-state index in [2.05, 4.69) is 23.3 Å². The molecule has 1 amide bonds. The maximum absolute atomic E-state index is 12.7.